The van der Waals surface area contributed by atoms with Gasteiger partial charge in [-0.1, -0.05) is 42.5 Å². The number of alkyl halides is 3. The SMILES string of the molecule is O=S(=O)(NC(F)(F)F)c1ccc(-c2ccccc2)cc1. The normalized spacial score (nSPS) is 12.3. The Bertz CT molecular complexity index is 680. The smallest absolute Gasteiger partial charge is 0.207 e. The van der Waals surface area contributed by atoms with Crippen molar-refractivity contribution < 1.29 is 21.6 Å². The summed E-state index contributed by atoms with van der Waals surface area (Å²) in [5.74, 6) is 0. The van der Waals surface area contributed by atoms with Gasteiger partial charge in [0.05, 0.1) is 4.90 Å². The van der Waals surface area contributed by atoms with Gasteiger partial charge in [0.15, 0.2) is 0 Å². The highest BCUT2D eigenvalue weighted by Gasteiger charge is 2.34. The molecule has 0 fully saturated rings. The topological polar surface area (TPSA) is 46.2 Å². The van der Waals surface area contributed by atoms with Gasteiger partial charge in [-0.05, 0) is 23.3 Å². The second-order valence-corrected chi connectivity index (χ2v) is 5.68. The van der Waals surface area contributed by atoms with Gasteiger partial charge < -0.3 is 0 Å². The molecule has 0 aliphatic heterocycles. The standard InChI is InChI=1S/C13H10F3NO2S/c14-13(15,16)17-20(18,19)12-8-6-11(7-9-12)10-4-2-1-3-5-10/h1-9,17H. The fourth-order valence-electron chi connectivity index (χ4n) is 1.67. The maximum absolute atomic E-state index is 12.1. The first-order valence-corrected chi connectivity index (χ1v) is 7.02. The lowest BCUT2D eigenvalue weighted by Gasteiger charge is -2.10. The van der Waals surface area contributed by atoms with E-state index in [-0.39, 0.29) is 0 Å². The van der Waals surface area contributed by atoms with Crippen LogP contribution < -0.4 is 4.72 Å². The molecule has 0 atom stereocenters. The first kappa shape index (κ1) is 14.5. The summed E-state index contributed by atoms with van der Waals surface area (Å²) in [6.45, 7) is 0. The van der Waals surface area contributed by atoms with Crippen molar-refractivity contribution in [1.29, 1.82) is 0 Å². The molecule has 0 radical (unpaired) electrons. The molecule has 20 heavy (non-hydrogen) atoms. The highest BCUT2D eigenvalue weighted by atomic mass is 32.2. The quantitative estimate of drug-likeness (QED) is 0.885. The molecule has 0 saturated carbocycles. The molecule has 0 aliphatic carbocycles. The summed E-state index contributed by atoms with van der Waals surface area (Å²) < 4.78 is 59.8. The Morgan fingerprint density at radius 2 is 1.30 bits per heavy atom. The molecule has 106 valence electrons. The molecule has 7 heteroatoms. The summed E-state index contributed by atoms with van der Waals surface area (Å²) in [6.07, 6.45) is -4.99. The van der Waals surface area contributed by atoms with Crippen molar-refractivity contribution in [3.63, 3.8) is 0 Å². The van der Waals surface area contributed by atoms with E-state index in [0.29, 0.717) is 4.72 Å². The molecule has 0 heterocycles. The molecule has 0 bridgehead atoms. The van der Waals surface area contributed by atoms with Crippen molar-refractivity contribution >= 4 is 10.0 Å². The van der Waals surface area contributed by atoms with E-state index in [9.17, 15) is 21.6 Å². The Morgan fingerprint density at radius 1 is 0.800 bits per heavy atom. The molecule has 2 aromatic carbocycles. The van der Waals surface area contributed by atoms with E-state index < -0.39 is 21.2 Å². The molecule has 0 aromatic heterocycles. The van der Waals surface area contributed by atoms with Crippen molar-refractivity contribution in [3.8, 4) is 11.1 Å². The third-order valence-electron chi connectivity index (χ3n) is 2.52. The fraction of sp³-hybridized carbons (Fsp3) is 0.0769. The third-order valence-corrected chi connectivity index (χ3v) is 3.91. The van der Waals surface area contributed by atoms with Crippen molar-refractivity contribution in [2.45, 2.75) is 11.2 Å². The molecule has 0 saturated heterocycles. The van der Waals surface area contributed by atoms with Gasteiger partial charge in [0.1, 0.15) is 0 Å². The molecule has 0 amide bonds. The molecule has 0 aliphatic rings. The van der Waals surface area contributed by atoms with Crippen LogP contribution in [0.5, 0.6) is 0 Å². The maximum Gasteiger partial charge on any atom is 0.470 e. The summed E-state index contributed by atoms with van der Waals surface area (Å²) >= 11 is 0. The third kappa shape index (κ3) is 3.58. The minimum Gasteiger partial charge on any atom is -0.207 e. The van der Waals surface area contributed by atoms with Gasteiger partial charge in [0, 0.05) is 0 Å². The zero-order valence-electron chi connectivity index (χ0n) is 10.1. The lowest BCUT2D eigenvalue weighted by molar-refractivity contribution is -0.138. The van der Waals surface area contributed by atoms with E-state index >= 15 is 0 Å². The van der Waals surface area contributed by atoms with Gasteiger partial charge in [0.2, 0.25) is 10.0 Å². The molecule has 0 unspecified atom stereocenters. The molecule has 0 spiro atoms. The number of hydrogen-bond acceptors (Lipinski definition) is 2. The lowest BCUT2D eigenvalue weighted by Crippen LogP contribution is -2.37. The molecular weight excluding hydrogens is 291 g/mol. The Kier molecular flexibility index (Phi) is 3.82. The van der Waals surface area contributed by atoms with E-state index in [2.05, 4.69) is 0 Å². The van der Waals surface area contributed by atoms with Crippen LogP contribution in [-0.4, -0.2) is 14.7 Å². The van der Waals surface area contributed by atoms with Crippen LogP contribution in [0, 0.1) is 0 Å². The number of sulfonamides is 1. The number of benzene rings is 2. The van der Waals surface area contributed by atoms with Gasteiger partial charge in [-0.2, -0.15) is 13.2 Å². The van der Waals surface area contributed by atoms with Gasteiger partial charge in [-0.15, -0.1) is 4.72 Å². The second kappa shape index (κ2) is 5.26. The average molecular weight is 301 g/mol. The zero-order chi connectivity index (χ0) is 14.8. The predicted molar refractivity (Wildman–Crippen MR) is 68.3 cm³/mol. The van der Waals surface area contributed by atoms with Crippen molar-refractivity contribution in [2.75, 3.05) is 0 Å². The first-order valence-electron chi connectivity index (χ1n) is 5.54. The zero-order valence-corrected chi connectivity index (χ0v) is 10.9. The summed E-state index contributed by atoms with van der Waals surface area (Å²) in [4.78, 5) is -0.436. The van der Waals surface area contributed by atoms with E-state index in [0.717, 1.165) is 23.3 Å². The monoisotopic (exact) mass is 301 g/mol. The van der Waals surface area contributed by atoms with Crippen molar-refractivity contribution in [1.82, 2.24) is 4.72 Å². The Hall–Kier alpha value is -1.86. The van der Waals surface area contributed by atoms with E-state index in [1.54, 1.807) is 0 Å². The molecule has 2 rings (SSSR count). The molecule has 3 nitrogen and oxygen atoms in total. The van der Waals surface area contributed by atoms with E-state index in [1.165, 1.54) is 12.1 Å². The number of nitrogens with one attached hydrogen (secondary N) is 1. The highest BCUT2D eigenvalue weighted by Crippen LogP contribution is 2.22. The first-order chi connectivity index (χ1) is 9.28. The van der Waals surface area contributed by atoms with Crippen molar-refractivity contribution in [2.24, 2.45) is 0 Å². The summed E-state index contributed by atoms with van der Waals surface area (Å²) in [5, 5.41) is 0. The van der Waals surface area contributed by atoms with Crippen LogP contribution in [0.4, 0.5) is 13.2 Å². The number of hydrogen-bond donors (Lipinski definition) is 1. The van der Waals surface area contributed by atoms with Crippen LogP contribution in [0.1, 0.15) is 0 Å². The Morgan fingerprint density at radius 3 is 1.80 bits per heavy atom. The molecule has 2 aromatic rings. The number of rotatable bonds is 3. The highest BCUT2D eigenvalue weighted by molar-refractivity contribution is 7.89. The van der Waals surface area contributed by atoms with Gasteiger partial charge in [-0.3, -0.25) is 0 Å². The van der Waals surface area contributed by atoms with Crippen LogP contribution in [0.15, 0.2) is 59.5 Å². The number of halogens is 3. The largest absolute Gasteiger partial charge is 0.470 e. The summed E-state index contributed by atoms with van der Waals surface area (Å²) in [6, 6.07) is 14.3. The van der Waals surface area contributed by atoms with E-state index in [1.807, 2.05) is 30.3 Å². The van der Waals surface area contributed by atoms with Crippen LogP contribution in [0.2, 0.25) is 0 Å². The van der Waals surface area contributed by atoms with Crippen LogP contribution in [0.25, 0.3) is 11.1 Å². The van der Waals surface area contributed by atoms with Crippen LogP contribution in [0.3, 0.4) is 0 Å². The van der Waals surface area contributed by atoms with Gasteiger partial charge in [0.25, 0.3) is 0 Å². The fourth-order valence-corrected chi connectivity index (χ4v) is 2.59. The Balaban J connectivity index is 2.29. The molecule has 1 N–H and O–H groups in total. The van der Waals surface area contributed by atoms with Crippen molar-refractivity contribution in [3.05, 3.63) is 54.6 Å². The summed E-state index contributed by atoms with van der Waals surface area (Å²) in [5.41, 5.74) is 1.57. The predicted octanol–water partition coefficient (Wildman–Crippen LogP) is 3.15. The van der Waals surface area contributed by atoms with Crippen LogP contribution in [-0.2, 0) is 10.0 Å². The average Bonchev–Trinajstić information content (AvgIpc) is 2.37. The lowest BCUT2D eigenvalue weighted by atomic mass is 10.1. The Labute approximate surface area is 114 Å². The summed E-state index contributed by atoms with van der Waals surface area (Å²) in [7, 11) is -4.59. The molecular formula is C13H10F3NO2S. The van der Waals surface area contributed by atoms with Gasteiger partial charge >= 0.3 is 6.30 Å². The van der Waals surface area contributed by atoms with Crippen LogP contribution >= 0.6 is 0 Å². The minimum absolute atomic E-state index is 0.436. The maximum atomic E-state index is 12.1. The minimum atomic E-state index is -4.99. The van der Waals surface area contributed by atoms with Gasteiger partial charge in [-0.25, -0.2) is 8.42 Å². The van der Waals surface area contributed by atoms with E-state index in [4.69, 9.17) is 0 Å². The second-order valence-electron chi connectivity index (χ2n) is 3.99.